The lowest BCUT2D eigenvalue weighted by atomic mass is 10.0. The van der Waals surface area contributed by atoms with E-state index in [0.717, 1.165) is 47.0 Å². The number of aromatic nitrogens is 2. The Labute approximate surface area is 163 Å². The molecule has 0 bridgehead atoms. The zero-order valence-corrected chi connectivity index (χ0v) is 15.7. The Morgan fingerprint density at radius 1 is 0.786 bits per heavy atom. The summed E-state index contributed by atoms with van der Waals surface area (Å²) in [5, 5.41) is 6.37. The Morgan fingerprint density at radius 3 is 2.25 bits per heavy atom. The van der Waals surface area contributed by atoms with E-state index in [4.69, 9.17) is 0 Å². The van der Waals surface area contributed by atoms with Crippen LogP contribution in [0.4, 0.5) is 0 Å². The highest BCUT2D eigenvalue weighted by Gasteiger charge is 2.29. The van der Waals surface area contributed by atoms with Gasteiger partial charge in [0, 0.05) is 38.3 Å². The number of carbonyl (C=O) groups is 2. The predicted octanol–water partition coefficient (Wildman–Crippen LogP) is 2.58. The van der Waals surface area contributed by atoms with Crippen LogP contribution in [0.15, 0.2) is 48.7 Å². The Hall–Kier alpha value is -3.15. The van der Waals surface area contributed by atoms with Crippen LogP contribution in [0, 0.1) is 0 Å². The maximum atomic E-state index is 13.1. The van der Waals surface area contributed by atoms with E-state index in [1.54, 1.807) is 6.20 Å². The molecule has 2 aliphatic rings. The SMILES string of the molecule is O=C(c1cnn2c1CCC2)N1CCN(C(=O)c2cccc3ccccc23)CC1. The van der Waals surface area contributed by atoms with Crippen molar-refractivity contribution in [2.24, 2.45) is 0 Å². The Kier molecular flexibility index (Phi) is 4.11. The first-order valence-electron chi connectivity index (χ1n) is 9.83. The monoisotopic (exact) mass is 374 g/mol. The number of fused-ring (bicyclic) bond motifs is 2. The average molecular weight is 374 g/mol. The van der Waals surface area contributed by atoms with Crippen LogP contribution < -0.4 is 0 Å². The molecular formula is C22H22N4O2. The van der Waals surface area contributed by atoms with Crippen molar-refractivity contribution in [2.45, 2.75) is 19.4 Å². The predicted molar refractivity (Wildman–Crippen MR) is 106 cm³/mol. The Morgan fingerprint density at radius 2 is 1.46 bits per heavy atom. The fraction of sp³-hybridized carbons (Fsp3) is 0.318. The third-order valence-corrected chi connectivity index (χ3v) is 5.84. The maximum absolute atomic E-state index is 13.1. The highest BCUT2D eigenvalue weighted by Crippen LogP contribution is 2.22. The van der Waals surface area contributed by atoms with Crippen molar-refractivity contribution in [3.63, 3.8) is 0 Å². The van der Waals surface area contributed by atoms with Gasteiger partial charge in [0.2, 0.25) is 0 Å². The van der Waals surface area contributed by atoms with E-state index in [2.05, 4.69) is 5.10 Å². The minimum atomic E-state index is 0.0373. The van der Waals surface area contributed by atoms with Gasteiger partial charge in [-0.2, -0.15) is 5.10 Å². The van der Waals surface area contributed by atoms with Gasteiger partial charge in [-0.25, -0.2) is 0 Å². The smallest absolute Gasteiger partial charge is 0.257 e. The largest absolute Gasteiger partial charge is 0.335 e. The molecule has 0 radical (unpaired) electrons. The fourth-order valence-electron chi connectivity index (χ4n) is 4.31. The molecule has 0 aliphatic carbocycles. The second-order valence-corrected chi connectivity index (χ2v) is 7.44. The number of carbonyl (C=O) groups excluding carboxylic acids is 2. The summed E-state index contributed by atoms with van der Waals surface area (Å²) in [4.78, 5) is 29.7. The molecule has 1 fully saturated rings. The molecule has 0 spiro atoms. The van der Waals surface area contributed by atoms with Crippen LogP contribution in [-0.2, 0) is 13.0 Å². The molecule has 0 unspecified atom stereocenters. The minimum absolute atomic E-state index is 0.0373. The second kappa shape index (κ2) is 6.78. The first kappa shape index (κ1) is 17.0. The lowest BCUT2D eigenvalue weighted by molar-refractivity contribution is 0.0536. The molecule has 2 aliphatic heterocycles. The van der Waals surface area contributed by atoms with Crippen molar-refractivity contribution in [1.82, 2.24) is 19.6 Å². The standard InChI is InChI=1S/C22H22N4O2/c27-21(18-8-3-6-16-5-1-2-7-17(16)18)24-11-13-25(14-12-24)22(28)19-15-23-26-10-4-9-20(19)26/h1-3,5-8,15H,4,9-14H2. The number of hydrogen-bond acceptors (Lipinski definition) is 3. The number of nitrogens with zero attached hydrogens (tertiary/aromatic N) is 4. The minimum Gasteiger partial charge on any atom is -0.335 e. The van der Waals surface area contributed by atoms with Crippen LogP contribution >= 0.6 is 0 Å². The molecule has 28 heavy (non-hydrogen) atoms. The number of rotatable bonds is 2. The normalized spacial score (nSPS) is 16.4. The number of aryl methyl sites for hydroxylation is 1. The van der Waals surface area contributed by atoms with Gasteiger partial charge < -0.3 is 9.80 Å². The van der Waals surface area contributed by atoms with Crippen molar-refractivity contribution in [3.8, 4) is 0 Å². The van der Waals surface area contributed by atoms with E-state index in [1.807, 2.05) is 56.9 Å². The van der Waals surface area contributed by atoms with Crippen LogP contribution in [0.1, 0.15) is 32.8 Å². The summed E-state index contributed by atoms with van der Waals surface area (Å²) in [7, 11) is 0. The third-order valence-electron chi connectivity index (χ3n) is 5.84. The fourth-order valence-corrected chi connectivity index (χ4v) is 4.31. The molecule has 3 heterocycles. The van der Waals surface area contributed by atoms with Gasteiger partial charge in [0.25, 0.3) is 11.8 Å². The molecule has 0 atom stereocenters. The average Bonchev–Trinajstić information content (AvgIpc) is 3.36. The second-order valence-electron chi connectivity index (χ2n) is 7.44. The first-order valence-corrected chi connectivity index (χ1v) is 9.83. The van der Waals surface area contributed by atoms with Crippen LogP contribution in [0.5, 0.6) is 0 Å². The van der Waals surface area contributed by atoms with Crippen LogP contribution in [-0.4, -0.2) is 57.6 Å². The van der Waals surface area contributed by atoms with Crippen LogP contribution in [0.3, 0.4) is 0 Å². The Balaban J connectivity index is 1.30. The molecule has 5 rings (SSSR count). The third kappa shape index (κ3) is 2.76. The molecular weight excluding hydrogens is 352 g/mol. The lowest BCUT2D eigenvalue weighted by Gasteiger charge is -2.35. The molecule has 0 N–H and O–H groups in total. The number of hydrogen-bond donors (Lipinski definition) is 0. The van der Waals surface area contributed by atoms with Gasteiger partial charge in [0.15, 0.2) is 0 Å². The molecule has 1 aromatic heterocycles. The molecule has 1 saturated heterocycles. The highest BCUT2D eigenvalue weighted by molar-refractivity contribution is 6.07. The van der Waals surface area contributed by atoms with Crippen LogP contribution in [0.25, 0.3) is 10.8 Å². The number of amides is 2. The summed E-state index contributed by atoms with van der Waals surface area (Å²) in [6.07, 6.45) is 3.67. The molecule has 6 nitrogen and oxygen atoms in total. The van der Waals surface area contributed by atoms with E-state index in [0.29, 0.717) is 26.2 Å². The number of benzene rings is 2. The first-order chi connectivity index (χ1) is 13.7. The van der Waals surface area contributed by atoms with Crippen molar-refractivity contribution < 1.29 is 9.59 Å². The summed E-state index contributed by atoms with van der Waals surface area (Å²) in [5.41, 5.74) is 2.51. The van der Waals surface area contributed by atoms with E-state index >= 15 is 0 Å². The molecule has 3 aromatic rings. The van der Waals surface area contributed by atoms with Gasteiger partial charge in [-0.1, -0.05) is 36.4 Å². The van der Waals surface area contributed by atoms with Gasteiger partial charge in [0.1, 0.15) is 0 Å². The van der Waals surface area contributed by atoms with Gasteiger partial charge in [-0.05, 0) is 29.7 Å². The van der Waals surface area contributed by atoms with E-state index in [-0.39, 0.29) is 11.8 Å². The topological polar surface area (TPSA) is 58.4 Å². The molecule has 6 heteroatoms. The van der Waals surface area contributed by atoms with E-state index in [1.165, 1.54) is 0 Å². The zero-order chi connectivity index (χ0) is 19.1. The van der Waals surface area contributed by atoms with Crippen molar-refractivity contribution in [1.29, 1.82) is 0 Å². The summed E-state index contributed by atoms with van der Waals surface area (Å²) < 4.78 is 1.94. The zero-order valence-electron chi connectivity index (χ0n) is 15.7. The highest BCUT2D eigenvalue weighted by atomic mass is 16.2. The summed E-state index contributed by atoms with van der Waals surface area (Å²) >= 11 is 0. The molecule has 0 saturated carbocycles. The maximum Gasteiger partial charge on any atom is 0.257 e. The van der Waals surface area contributed by atoms with Gasteiger partial charge in [-0.3, -0.25) is 14.3 Å². The molecule has 2 amide bonds. The molecule has 142 valence electrons. The van der Waals surface area contributed by atoms with Gasteiger partial charge in [0.05, 0.1) is 17.5 Å². The summed E-state index contributed by atoms with van der Waals surface area (Å²) in [6, 6.07) is 13.8. The van der Waals surface area contributed by atoms with Gasteiger partial charge in [-0.15, -0.1) is 0 Å². The Bertz CT molecular complexity index is 1060. The molecule has 2 aromatic carbocycles. The van der Waals surface area contributed by atoms with Gasteiger partial charge >= 0.3 is 0 Å². The summed E-state index contributed by atoms with van der Waals surface area (Å²) in [6.45, 7) is 3.12. The lowest BCUT2D eigenvalue weighted by Crippen LogP contribution is -2.50. The van der Waals surface area contributed by atoms with Crippen molar-refractivity contribution in [2.75, 3.05) is 26.2 Å². The van der Waals surface area contributed by atoms with E-state index < -0.39 is 0 Å². The number of piperazine rings is 1. The summed E-state index contributed by atoms with van der Waals surface area (Å²) in [5.74, 6) is 0.0794. The quantitative estimate of drug-likeness (QED) is 0.693. The van der Waals surface area contributed by atoms with Crippen molar-refractivity contribution >= 4 is 22.6 Å². The van der Waals surface area contributed by atoms with E-state index in [9.17, 15) is 9.59 Å². The van der Waals surface area contributed by atoms with Crippen molar-refractivity contribution in [3.05, 3.63) is 65.5 Å². The van der Waals surface area contributed by atoms with Crippen LogP contribution in [0.2, 0.25) is 0 Å².